The second-order valence-electron chi connectivity index (χ2n) is 5.35. The number of carbonyl (C=O) groups excluding carboxylic acids is 1. The van der Waals surface area contributed by atoms with Crippen LogP contribution in [-0.4, -0.2) is 12.5 Å². The molecule has 1 N–H and O–H groups in total. The predicted molar refractivity (Wildman–Crippen MR) is 83.7 cm³/mol. The Morgan fingerprint density at radius 3 is 2.35 bits per heavy atom. The smallest absolute Gasteiger partial charge is 0.251 e. The summed E-state index contributed by atoms with van der Waals surface area (Å²) in [6.45, 7) is 5.04. The monoisotopic (exact) mass is 267 g/mol. The summed E-state index contributed by atoms with van der Waals surface area (Å²) < 4.78 is 0. The van der Waals surface area contributed by atoms with Crippen molar-refractivity contribution in [1.29, 1.82) is 0 Å². The first kappa shape index (κ1) is 14.3. The van der Waals surface area contributed by atoms with Crippen LogP contribution in [-0.2, 0) is 0 Å². The third-order valence-corrected chi connectivity index (χ3v) is 3.26. The van der Waals surface area contributed by atoms with Crippen molar-refractivity contribution < 1.29 is 4.79 Å². The van der Waals surface area contributed by atoms with Crippen molar-refractivity contribution in [2.75, 3.05) is 6.54 Å². The van der Waals surface area contributed by atoms with Gasteiger partial charge in [0.25, 0.3) is 5.91 Å². The molecule has 2 rings (SSSR count). The number of benzene rings is 2. The van der Waals surface area contributed by atoms with E-state index < -0.39 is 0 Å². The largest absolute Gasteiger partial charge is 0.352 e. The Hall–Kier alpha value is -2.09. The maximum Gasteiger partial charge on any atom is 0.251 e. The molecule has 20 heavy (non-hydrogen) atoms. The van der Waals surface area contributed by atoms with Crippen LogP contribution in [0.15, 0.2) is 54.6 Å². The molecular weight excluding hydrogens is 246 g/mol. The van der Waals surface area contributed by atoms with Gasteiger partial charge >= 0.3 is 0 Å². The Morgan fingerprint density at radius 2 is 1.65 bits per heavy atom. The Labute approximate surface area is 120 Å². The Bertz CT molecular complexity index is 561. The van der Waals surface area contributed by atoms with E-state index in [0.29, 0.717) is 5.92 Å². The standard InChI is InChI=1S/C18H21NO/c1-14(2)12-13-19-18(20)17-11-7-6-10-16(17)15-8-4-3-5-9-15/h3-11,14H,12-13H2,1-2H3,(H,19,20). The van der Waals surface area contributed by atoms with E-state index in [1.54, 1.807) is 0 Å². The summed E-state index contributed by atoms with van der Waals surface area (Å²) in [5.74, 6) is 0.602. The molecule has 0 fully saturated rings. The number of amides is 1. The minimum Gasteiger partial charge on any atom is -0.352 e. The van der Waals surface area contributed by atoms with Crippen molar-refractivity contribution >= 4 is 5.91 Å². The van der Waals surface area contributed by atoms with Gasteiger partial charge in [-0.25, -0.2) is 0 Å². The highest BCUT2D eigenvalue weighted by Gasteiger charge is 2.11. The summed E-state index contributed by atoms with van der Waals surface area (Å²) in [5.41, 5.74) is 2.79. The molecule has 0 unspecified atom stereocenters. The van der Waals surface area contributed by atoms with Gasteiger partial charge in [-0.05, 0) is 29.5 Å². The first-order chi connectivity index (χ1) is 9.68. The molecule has 0 aromatic heterocycles. The summed E-state index contributed by atoms with van der Waals surface area (Å²) in [5, 5.41) is 3.00. The van der Waals surface area contributed by atoms with Crippen LogP contribution in [0, 0.1) is 5.92 Å². The van der Waals surface area contributed by atoms with E-state index in [0.717, 1.165) is 29.7 Å². The Balaban J connectivity index is 2.18. The zero-order valence-electron chi connectivity index (χ0n) is 12.1. The number of hydrogen-bond acceptors (Lipinski definition) is 1. The lowest BCUT2D eigenvalue weighted by molar-refractivity contribution is 0.0952. The molecule has 0 aliphatic carbocycles. The topological polar surface area (TPSA) is 29.1 Å². The van der Waals surface area contributed by atoms with E-state index in [4.69, 9.17) is 0 Å². The van der Waals surface area contributed by atoms with Gasteiger partial charge in [0.05, 0.1) is 0 Å². The fourth-order valence-corrected chi connectivity index (χ4v) is 2.12. The van der Waals surface area contributed by atoms with Gasteiger partial charge in [0.1, 0.15) is 0 Å². The molecule has 0 spiro atoms. The Kier molecular flexibility index (Phi) is 4.94. The molecule has 0 aliphatic heterocycles. The van der Waals surface area contributed by atoms with Crippen molar-refractivity contribution in [2.24, 2.45) is 5.92 Å². The zero-order valence-corrected chi connectivity index (χ0v) is 12.1. The third kappa shape index (κ3) is 3.70. The number of hydrogen-bond donors (Lipinski definition) is 1. The van der Waals surface area contributed by atoms with Crippen LogP contribution in [0.4, 0.5) is 0 Å². The van der Waals surface area contributed by atoms with E-state index in [-0.39, 0.29) is 5.91 Å². The van der Waals surface area contributed by atoms with Crippen LogP contribution in [0.2, 0.25) is 0 Å². The predicted octanol–water partition coefficient (Wildman–Crippen LogP) is 4.13. The first-order valence-electron chi connectivity index (χ1n) is 7.11. The van der Waals surface area contributed by atoms with Crippen molar-refractivity contribution in [2.45, 2.75) is 20.3 Å². The number of rotatable bonds is 5. The maximum absolute atomic E-state index is 12.3. The summed E-state index contributed by atoms with van der Waals surface area (Å²) >= 11 is 0. The van der Waals surface area contributed by atoms with Crippen LogP contribution < -0.4 is 5.32 Å². The normalized spacial score (nSPS) is 10.6. The molecule has 104 valence electrons. The molecular formula is C18H21NO. The second-order valence-corrected chi connectivity index (χ2v) is 5.35. The molecule has 0 atom stereocenters. The van der Waals surface area contributed by atoms with E-state index in [9.17, 15) is 4.79 Å². The van der Waals surface area contributed by atoms with E-state index in [2.05, 4.69) is 19.2 Å². The van der Waals surface area contributed by atoms with Crippen molar-refractivity contribution in [3.8, 4) is 11.1 Å². The van der Waals surface area contributed by atoms with Crippen LogP contribution >= 0.6 is 0 Å². The average molecular weight is 267 g/mol. The molecule has 2 aromatic rings. The summed E-state index contributed by atoms with van der Waals surface area (Å²) in [6.07, 6.45) is 0.999. The van der Waals surface area contributed by atoms with Gasteiger partial charge in [0, 0.05) is 12.1 Å². The summed E-state index contributed by atoms with van der Waals surface area (Å²) in [7, 11) is 0. The highest BCUT2D eigenvalue weighted by molar-refractivity contribution is 6.00. The van der Waals surface area contributed by atoms with Gasteiger partial charge in [-0.15, -0.1) is 0 Å². The maximum atomic E-state index is 12.3. The van der Waals surface area contributed by atoms with E-state index in [1.165, 1.54) is 0 Å². The van der Waals surface area contributed by atoms with E-state index in [1.807, 2.05) is 54.6 Å². The highest BCUT2D eigenvalue weighted by Crippen LogP contribution is 2.23. The molecule has 2 aromatic carbocycles. The van der Waals surface area contributed by atoms with Crippen molar-refractivity contribution in [1.82, 2.24) is 5.32 Å². The van der Waals surface area contributed by atoms with Gasteiger partial charge in [-0.3, -0.25) is 4.79 Å². The molecule has 0 bridgehead atoms. The van der Waals surface area contributed by atoms with Crippen molar-refractivity contribution in [3.05, 3.63) is 60.2 Å². The SMILES string of the molecule is CC(C)CCNC(=O)c1ccccc1-c1ccccc1. The van der Waals surface area contributed by atoms with E-state index >= 15 is 0 Å². The minimum absolute atomic E-state index is 0.00473. The van der Waals surface area contributed by atoms with Crippen molar-refractivity contribution in [3.63, 3.8) is 0 Å². The fraction of sp³-hybridized carbons (Fsp3) is 0.278. The molecule has 0 saturated heterocycles. The molecule has 0 radical (unpaired) electrons. The van der Waals surface area contributed by atoms with Gasteiger partial charge in [0.15, 0.2) is 0 Å². The van der Waals surface area contributed by atoms with Gasteiger partial charge in [-0.1, -0.05) is 62.4 Å². The minimum atomic E-state index is 0.00473. The average Bonchev–Trinajstić information content (AvgIpc) is 2.47. The molecule has 1 amide bonds. The molecule has 0 heterocycles. The molecule has 2 nitrogen and oxygen atoms in total. The fourth-order valence-electron chi connectivity index (χ4n) is 2.12. The number of nitrogens with one attached hydrogen (secondary N) is 1. The van der Waals surface area contributed by atoms with Crippen LogP contribution in [0.1, 0.15) is 30.6 Å². The van der Waals surface area contributed by atoms with Crippen LogP contribution in [0.5, 0.6) is 0 Å². The zero-order chi connectivity index (χ0) is 14.4. The van der Waals surface area contributed by atoms with Gasteiger partial charge in [0.2, 0.25) is 0 Å². The molecule has 2 heteroatoms. The summed E-state index contributed by atoms with van der Waals surface area (Å²) in [6, 6.07) is 17.8. The molecule has 0 saturated carbocycles. The lowest BCUT2D eigenvalue weighted by atomic mass is 9.99. The van der Waals surface area contributed by atoms with Crippen LogP contribution in [0.3, 0.4) is 0 Å². The summed E-state index contributed by atoms with van der Waals surface area (Å²) in [4.78, 5) is 12.3. The lowest BCUT2D eigenvalue weighted by Crippen LogP contribution is -2.25. The second kappa shape index (κ2) is 6.90. The van der Waals surface area contributed by atoms with Gasteiger partial charge < -0.3 is 5.32 Å². The third-order valence-electron chi connectivity index (χ3n) is 3.26. The lowest BCUT2D eigenvalue weighted by Gasteiger charge is -2.11. The first-order valence-corrected chi connectivity index (χ1v) is 7.11. The van der Waals surface area contributed by atoms with Crippen LogP contribution in [0.25, 0.3) is 11.1 Å². The van der Waals surface area contributed by atoms with Gasteiger partial charge in [-0.2, -0.15) is 0 Å². The molecule has 0 aliphatic rings. The Morgan fingerprint density at radius 1 is 1.00 bits per heavy atom. The number of carbonyl (C=O) groups is 1. The quantitative estimate of drug-likeness (QED) is 0.867. The highest BCUT2D eigenvalue weighted by atomic mass is 16.1.